The maximum atomic E-state index is 11.8. The minimum absolute atomic E-state index is 0.161. The van der Waals surface area contributed by atoms with Crippen molar-refractivity contribution in [1.29, 1.82) is 0 Å². The first-order chi connectivity index (χ1) is 9.52. The number of hydrogen-bond donors (Lipinski definition) is 2. The SMILES string of the molecule is CCOC(=O)c1[nH]c(=O)[nH]c1-c1ccc(C(C)C)cc1. The minimum Gasteiger partial charge on any atom is -0.461 e. The summed E-state index contributed by atoms with van der Waals surface area (Å²) in [4.78, 5) is 28.4. The lowest BCUT2D eigenvalue weighted by Gasteiger charge is -2.07. The van der Waals surface area contributed by atoms with E-state index >= 15 is 0 Å². The van der Waals surface area contributed by atoms with Crippen molar-refractivity contribution in [2.24, 2.45) is 0 Å². The number of ether oxygens (including phenoxy) is 1. The van der Waals surface area contributed by atoms with Gasteiger partial charge in [0.25, 0.3) is 0 Å². The van der Waals surface area contributed by atoms with E-state index in [-0.39, 0.29) is 12.3 Å². The zero-order chi connectivity index (χ0) is 14.7. The number of esters is 1. The molecule has 2 aromatic rings. The van der Waals surface area contributed by atoms with Gasteiger partial charge in [0.15, 0.2) is 5.69 Å². The Morgan fingerprint density at radius 2 is 1.85 bits per heavy atom. The van der Waals surface area contributed by atoms with Crippen molar-refractivity contribution in [1.82, 2.24) is 9.97 Å². The topological polar surface area (TPSA) is 75.0 Å². The number of aromatic nitrogens is 2. The Hall–Kier alpha value is -2.30. The highest BCUT2D eigenvalue weighted by Crippen LogP contribution is 2.23. The van der Waals surface area contributed by atoms with Crippen molar-refractivity contribution in [2.75, 3.05) is 6.61 Å². The van der Waals surface area contributed by atoms with Crippen LogP contribution in [0.3, 0.4) is 0 Å². The lowest BCUT2D eigenvalue weighted by molar-refractivity contribution is 0.0521. The summed E-state index contributed by atoms with van der Waals surface area (Å²) in [6.45, 7) is 6.20. The zero-order valence-electron chi connectivity index (χ0n) is 11.8. The molecule has 0 saturated carbocycles. The van der Waals surface area contributed by atoms with Gasteiger partial charge in [-0.1, -0.05) is 38.1 Å². The highest BCUT2D eigenvalue weighted by molar-refractivity contribution is 5.94. The summed E-state index contributed by atoms with van der Waals surface area (Å²) < 4.78 is 4.94. The van der Waals surface area contributed by atoms with E-state index in [1.807, 2.05) is 24.3 Å². The third kappa shape index (κ3) is 2.82. The van der Waals surface area contributed by atoms with Crippen LogP contribution in [0.1, 0.15) is 42.7 Å². The lowest BCUT2D eigenvalue weighted by atomic mass is 10.0. The Morgan fingerprint density at radius 3 is 2.40 bits per heavy atom. The Bertz CT molecular complexity index is 651. The summed E-state index contributed by atoms with van der Waals surface area (Å²) >= 11 is 0. The second-order valence-electron chi connectivity index (χ2n) is 4.83. The van der Waals surface area contributed by atoms with Gasteiger partial charge in [-0.15, -0.1) is 0 Å². The highest BCUT2D eigenvalue weighted by atomic mass is 16.5. The van der Waals surface area contributed by atoms with Crippen LogP contribution in [-0.4, -0.2) is 22.5 Å². The van der Waals surface area contributed by atoms with Gasteiger partial charge in [-0.2, -0.15) is 0 Å². The van der Waals surface area contributed by atoms with Gasteiger partial charge in [0.05, 0.1) is 12.3 Å². The molecular weight excluding hydrogens is 256 g/mol. The van der Waals surface area contributed by atoms with Gasteiger partial charge in [0.2, 0.25) is 0 Å². The molecule has 0 saturated heterocycles. The fraction of sp³-hybridized carbons (Fsp3) is 0.333. The quantitative estimate of drug-likeness (QED) is 0.842. The number of aromatic amines is 2. The largest absolute Gasteiger partial charge is 0.461 e. The van der Waals surface area contributed by atoms with E-state index in [0.29, 0.717) is 11.6 Å². The van der Waals surface area contributed by atoms with E-state index in [4.69, 9.17) is 4.74 Å². The van der Waals surface area contributed by atoms with Gasteiger partial charge in [-0.05, 0) is 18.4 Å². The maximum Gasteiger partial charge on any atom is 0.357 e. The molecule has 0 aliphatic rings. The molecular formula is C15H18N2O3. The Labute approximate surface area is 117 Å². The molecule has 5 heteroatoms. The Balaban J connectivity index is 2.42. The first-order valence-electron chi connectivity index (χ1n) is 6.62. The smallest absolute Gasteiger partial charge is 0.357 e. The monoisotopic (exact) mass is 274 g/mol. The van der Waals surface area contributed by atoms with E-state index in [1.54, 1.807) is 6.92 Å². The standard InChI is InChI=1S/C15H18N2O3/c1-4-20-14(18)13-12(16-15(19)17-13)11-7-5-10(6-8-11)9(2)3/h5-9H,4H2,1-3H3,(H2,16,17,19). The lowest BCUT2D eigenvalue weighted by Crippen LogP contribution is -2.08. The molecule has 0 unspecified atom stereocenters. The first kappa shape index (κ1) is 14.1. The van der Waals surface area contributed by atoms with E-state index < -0.39 is 11.7 Å². The van der Waals surface area contributed by atoms with Crippen LogP contribution < -0.4 is 5.69 Å². The molecule has 0 radical (unpaired) electrons. The van der Waals surface area contributed by atoms with Gasteiger partial charge in [0.1, 0.15) is 0 Å². The van der Waals surface area contributed by atoms with Crippen LogP contribution in [0, 0.1) is 0 Å². The van der Waals surface area contributed by atoms with Gasteiger partial charge < -0.3 is 9.72 Å². The summed E-state index contributed by atoms with van der Waals surface area (Å²) in [6.07, 6.45) is 0. The van der Waals surface area contributed by atoms with Crippen LogP contribution in [0.25, 0.3) is 11.3 Å². The number of H-pyrrole nitrogens is 2. The molecule has 0 aliphatic heterocycles. The van der Waals surface area contributed by atoms with Gasteiger partial charge in [-0.3, -0.25) is 4.98 Å². The molecule has 5 nitrogen and oxygen atoms in total. The predicted octanol–water partition coefficient (Wildman–Crippen LogP) is 2.67. The van der Waals surface area contributed by atoms with Crippen LogP contribution in [0.2, 0.25) is 0 Å². The van der Waals surface area contributed by atoms with Crippen LogP contribution in [-0.2, 0) is 4.74 Å². The number of carbonyl (C=O) groups excluding carboxylic acids is 1. The molecule has 1 heterocycles. The molecule has 0 atom stereocenters. The summed E-state index contributed by atoms with van der Waals surface area (Å²) in [5.41, 5.74) is 2.18. The van der Waals surface area contributed by atoms with Crippen molar-refractivity contribution in [2.45, 2.75) is 26.7 Å². The van der Waals surface area contributed by atoms with E-state index in [1.165, 1.54) is 5.56 Å². The Morgan fingerprint density at radius 1 is 1.20 bits per heavy atom. The number of rotatable bonds is 4. The van der Waals surface area contributed by atoms with E-state index in [9.17, 15) is 9.59 Å². The number of nitrogens with one attached hydrogen (secondary N) is 2. The molecule has 0 fully saturated rings. The molecule has 1 aromatic heterocycles. The first-order valence-corrected chi connectivity index (χ1v) is 6.62. The van der Waals surface area contributed by atoms with Crippen molar-refractivity contribution >= 4 is 5.97 Å². The van der Waals surface area contributed by atoms with Crippen molar-refractivity contribution in [3.63, 3.8) is 0 Å². The Kier molecular flexibility index (Phi) is 4.08. The molecule has 0 amide bonds. The van der Waals surface area contributed by atoms with Gasteiger partial charge >= 0.3 is 11.7 Å². The molecule has 0 spiro atoms. The van der Waals surface area contributed by atoms with Gasteiger partial charge in [0, 0.05) is 5.56 Å². The van der Waals surface area contributed by atoms with Crippen LogP contribution in [0.15, 0.2) is 29.1 Å². The van der Waals surface area contributed by atoms with Crippen molar-refractivity contribution < 1.29 is 9.53 Å². The highest BCUT2D eigenvalue weighted by Gasteiger charge is 2.17. The van der Waals surface area contributed by atoms with E-state index in [0.717, 1.165) is 5.56 Å². The number of imidazole rings is 1. The number of benzene rings is 1. The molecule has 0 aliphatic carbocycles. The molecule has 0 bridgehead atoms. The number of carbonyl (C=O) groups is 1. The maximum absolute atomic E-state index is 11.8. The van der Waals surface area contributed by atoms with Crippen LogP contribution in [0.5, 0.6) is 0 Å². The third-order valence-corrected chi connectivity index (χ3v) is 3.07. The average molecular weight is 274 g/mol. The molecule has 1 aromatic carbocycles. The van der Waals surface area contributed by atoms with Crippen LogP contribution >= 0.6 is 0 Å². The summed E-state index contributed by atoms with van der Waals surface area (Å²) in [6, 6.07) is 7.74. The molecule has 106 valence electrons. The van der Waals surface area contributed by atoms with Crippen molar-refractivity contribution in [3.8, 4) is 11.3 Å². The van der Waals surface area contributed by atoms with Crippen molar-refractivity contribution in [3.05, 3.63) is 46.0 Å². The second-order valence-corrected chi connectivity index (χ2v) is 4.83. The molecule has 20 heavy (non-hydrogen) atoms. The molecule has 2 N–H and O–H groups in total. The predicted molar refractivity (Wildman–Crippen MR) is 76.9 cm³/mol. The fourth-order valence-corrected chi connectivity index (χ4v) is 1.99. The average Bonchev–Trinajstić information content (AvgIpc) is 2.81. The second kappa shape index (κ2) is 5.77. The molecule has 2 rings (SSSR count). The third-order valence-electron chi connectivity index (χ3n) is 3.07. The normalized spacial score (nSPS) is 10.8. The summed E-state index contributed by atoms with van der Waals surface area (Å²) in [5, 5.41) is 0. The van der Waals surface area contributed by atoms with Crippen LogP contribution in [0.4, 0.5) is 0 Å². The zero-order valence-corrected chi connectivity index (χ0v) is 11.8. The summed E-state index contributed by atoms with van der Waals surface area (Å²) in [5.74, 6) is -0.104. The number of hydrogen-bond acceptors (Lipinski definition) is 3. The fourth-order valence-electron chi connectivity index (χ4n) is 1.99. The summed E-state index contributed by atoms with van der Waals surface area (Å²) in [7, 11) is 0. The minimum atomic E-state index is -0.534. The van der Waals surface area contributed by atoms with E-state index in [2.05, 4.69) is 23.8 Å². The van der Waals surface area contributed by atoms with Gasteiger partial charge in [-0.25, -0.2) is 9.59 Å².